The molecule has 1 aromatic heterocycles. The number of ether oxygens (including phenoxy) is 1. The van der Waals surface area contributed by atoms with Crippen LogP contribution in [0.4, 0.5) is 11.5 Å². The molecular formula is C10H17N3O. The summed E-state index contributed by atoms with van der Waals surface area (Å²) in [6, 6.07) is 3.93. The van der Waals surface area contributed by atoms with Gasteiger partial charge in [-0.1, -0.05) is 0 Å². The van der Waals surface area contributed by atoms with E-state index in [2.05, 4.69) is 11.9 Å². The Labute approximate surface area is 84.7 Å². The highest BCUT2D eigenvalue weighted by Crippen LogP contribution is 2.19. The summed E-state index contributed by atoms with van der Waals surface area (Å²) in [7, 11) is 3.65. The molecule has 1 heterocycles. The van der Waals surface area contributed by atoms with Crippen molar-refractivity contribution in [3.63, 3.8) is 0 Å². The molecule has 1 rings (SSSR count). The Balaban J connectivity index is 2.78. The van der Waals surface area contributed by atoms with Gasteiger partial charge in [-0.3, -0.25) is 0 Å². The highest BCUT2D eigenvalue weighted by molar-refractivity contribution is 5.62. The molecule has 0 spiro atoms. The third-order valence-corrected chi connectivity index (χ3v) is 2.22. The Morgan fingerprint density at radius 2 is 2.36 bits per heavy atom. The summed E-state index contributed by atoms with van der Waals surface area (Å²) in [5.74, 6) is 0.803. The van der Waals surface area contributed by atoms with E-state index in [1.165, 1.54) is 0 Å². The summed E-state index contributed by atoms with van der Waals surface area (Å²) in [4.78, 5) is 6.24. The summed E-state index contributed by atoms with van der Waals surface area (Å²) in [6.45, 7) is 2.73. The molecule has 4 nitrogen and oxygen atoms in total. The minimum absolute atomic E-state index is 0.261. The van der Waals surface area contributed by atoms with E-state index >= 15 is 0 Å². The summed E-state index contributed by atoms with van der Waals surface area (Å²) < 4.78 is 5.08. The van der Waals surface area contributed by atoms with Gasteiger partial charge in [0.2, 0.25) is 0 Å². The number of hydrogen-bond donors (Lipinski definition) is 1. The van der Waals surface area contributed by atoms with Gasteiger partial charge in [0.05, 0.1) is 18.3 Å². The third-order valence-electron chi connectivity index (χ3n) is 2.22. The second-order valence-electron chi connectivity index (χ2n) is 3.33. The van der Waals surface area contributed by atoms with Gasteiger partial charge in [-0.15, -0.1) is 0 Å². The van der Waals surface area contributed by atoms with Crippen molar-refractivity contribution in [2.75, 3.05) is 31.4 Å². The molecule has 4 heteroatoms. The minimum atomic E-state index is 0.261. The van der Waals surface area contributed by atoms with Crippen LogP contribution in [0.1, 0.15) is 6.92 Å². The molecule has 1 aromatic rings. The fraction of sp³-hybridized carbons (Fsp3) is 0.500. The van der Waals surface area contributed by atoms with E-state index in [0.29, 0.717) is 12.3 Å². The van der Waals surface area contributed by atoms with Crippen LogP contribution in [-0.2, 0) is 4.74 Å². The Hall–Kier alpha value is -1.29. The molecule has 0 amide bonds. The Morgan fingerprint density at radius 1 is 1.64 bits per heavy atom. The average Bonchev–Trinajstić information content (AvgIpc) is 2.18. The van der Waals surface area contributed by atoms with Crippen molar-refractivity contribution in [3.8, 4) is 0 Å². The first-order chi connectivity index (χ1) is 6.66. The normalized spacial score (nSPS) is 12.5. The molecule has 0 fully saturated rings. The summed E-state index contributed by atoms with van der Waals surface area (Å²) >= 11 is 0. The number of hydrogen-bond acceptors (Lipinski definition) is 4. The minimum Gasteiger partial charge on any atom is -0.396 e. The van der Waals surface area contributed by atoms with E-state index < -0.39 is 0 Å². The molecule has 78 valence electrons. The fourth-order valence-electron chi connectivity index (χ4n) is 1.27. The zero-order valence-electron chi connectivity index (χ0n) is 8.90. The molecule has 2 N–H and O–H groups in total. The first-order valence-corrected chi connectivity index (χ1v) is 4.59. The van der Waals surface area contributed by atoms with Gasteiger partial charge in [0, 0.05) is 20.4 Å². The lowest BCUT2D eigenvalue weighted by Crippen LogP contribution is -2.33. The fourth-order valence-corrected chi connectivity index (χ4v) is 1.27. The van der Waals surface area contributed by atoms with Gasteiger partial charge in [-0.05, 0) is 19.1 Å². The standard InChI is InChI=1S/C10H17N3O/c1-8(7-14-3)13(2)10-9(11)5-4-6-12-10/h4-6,8H,7,11H2,1-3H3. The average molecular weight is 195 g/mol. The summed E-state index contributed by atoms with van der Waals surface area (Å²) in [5.41, 5.74) is 6.50. The molecular weight excluding hydrogens is 178 g/mol. The highest BCUT2D eigenvalue weighted by Gasteiger charge is 2.12. The third kappa shape index (κ3) is 2.35. The van der Waals surface area contributed by atoms with Crippen LogP contribution in [-0.4, -0.2) is 31.8 Å². The van der Waals surface area contributed by atoms with E-state index in [0.717, 1.165) is 5.82 Å². The number of aromatic nitrogens is 1. The maximum atomic E-state index is 5.81. The van der Waals surface area contributed by atoms with Crippen molar-refractivity contribution in [1.29, 1.82) is 0 Å². The predicted octanol–water partition coefficient (Wildman–Crippen LogP) is 1.13. The molecule has 0 aliphatic heterocycles. The summed E-state index contributed by atoms with van der Waals surface area (Å²) in [5, 5.41) is 0. The second kappa shape index (κ2) is 4.81. The van der Waals surface area contributed by atoms with Gasteiger partial charge in [0.25, 0.3) is 0 Å². The summed E-state index contributed by atoms with van der Waals surface area (Å²) in [6.07, 6.45) is 1.74. The predicted molar refractivity (Wildman–Crippen MR) is 58.4 cm³/mol. The van der Waals surface area contributed by atoms with Crippen molar-refractivity contribution in [1.82, 2.24) is 4.98 Å². The van der Waals surface area contributed by atoms with Gasteiger partial charge < -0.3 is 15.4 Å². The zero-order valence-corrected chi connectivity index (χ0v) is 8.90. The molecule has 0 aliphatic carbocycles. The molecule has 0 aliphatic rings. The zero-order chi connectivity index (χ0) is 10.6. The largest absolute Gasteiger partial charge is 0.396 e. The first-order valence-electron chi connectivity index (χ1n) is 4.59. The van der Waals surface area contributed by atoms with Crippen LogP contribution >= 0.6 is 0 Å². The van der Waals surface area contributed by atoms with E-state index in [4.69, 9.17) is 10.5 Å². The SMILES string of the molecule is COCC(C)N(C)c1ncccc1N. The molecule has 0 aromatic carbocycles. The molecule has 1 atom stereocenters. The van der Waals surface area contributed by atoms with Crippen LogP contribution in [0, 0.1) is 0 Å². The number of nitrogens with zero attached hydrogens (tertiary/aromatic N) is 2. The maximum absolute atomic E-state index is 5.81. The van der Waals surface area contributed by atoms with Gasteiger partial charge in [0.1, 0.15) is 0 Å². The van der Waals surface area contributed by atoms with E-state index in [1.54, 1.807) is 13.3 Å². The Morgan fingerprint density at radius 3 is 2.93 bits per heavy atom. The molecule has 1 unspecified atom stereocenters. The van der Waals surface area contributed by atoms with Gasteiger partial charge in [0.15, 0.2) is 5.82 Å². The highest BCUT2D eigenvalue weighted by atomic mass is 16.5. The topological polar surface area (TPSA) is 51.4 Å². The van der Waals surface area contributed by atoms with Crippen LogP contribution in [0.25, 0.3) is 0 Å². The lowest BCUT2D eigenvalue weighted by atomic mass is 10.3. The second-order valence-corrected chi connectivity index (χ2v) is 3.33. The van der Waals surface area contributed by atoms with E-state index in [-0.39, 0.29) is 6.04 Å². The monoisotopic (exact) mass is 195 g/mol. The molecule has 0 saturated heterocycles. The van der Waals surface area contributed by atoms with Crippen LogP contribution < -0.4 is 10.6 Å². The number of likely N-dealkylation sites (N-methyl/N-ethyl adjacent to an activating group) is 1. The number of methoxy groups -OCH3 is 1. The number of pyridine rings is 1. The Bertz CT molecular complexity index is 290. The van der Waals surface area contributed by atoms with Crippen LogP contribution in [0.3, 0.4) is 0 Å². The lowest BCUT2D eigenvalue weighted by Gasteiger charge is -2.26. The van der Waals surface area contributed by atoms with Crippen molar-refractivity contribution >= 4 is 11.5 Å². The molecule has 0 bridgehead atoms. The number of nitrogen functional groups attached to an aromatic ring is 1. The smallest absolute Gasteiger partial charge is 0.151 e. The molecule has 0 radical (unpaired) electrons. The quantitative estimate of drug-likeness (QED) is 0.782. The van der Waals surface area contributed by atoms with E-state index in [1.807, 2.05) is 24.1 Å². The van der Waals surface area contributed by atoms with E-state index in [9.17, 15) is 0 Å². The van der Waals surface area contributed by atoms with Crippen LogP contribution in [0.5, 0.6) is 0 Å². The number of nitrogens with two attached hydrogens (primary N) is 1. The molecule has 14 heavy (non-hydrogen) atoms. The van der Waals surface area contributed by atoms with Gasteiger partial charge in [-0.25, -0.2) is 4.98 Å². The van der Waals surface area contributed by atoms with Crippen LogP contribution in [0.2, 0.25) is 0 Å². The number of rotatable bonds is 4. The molecule has 0 saturated carbocycles. The van der Waals surface area contributed by atoms with Gasteiger partial charge in [-0.2, -0.15) is 0 Å². The van der Waals surface area contributed by atoms with Gasteiger partial charge >= 0.3 is 0 Å². The maximum Gasteiger partial charge on any atom is 0.151 e. The van der Waals surface area contributed by atoms with Crippen molar-refractivity contribution < 1.29 is 4.74 Å². The lowest BCUT2D eigenvalue weighted by molar-refractivity contribution is 0.183. The van der Waals surface area contributed by atoms with Crippen molar-refractivity contribution in [2.45, 2.75) is 13.0 Å². The van der Waals surface area contributed by atoms with Crippen LogP contribution in [0.15, 0.2) is 18.3 Å². The Kier molecular flexibility index (Phi) is 3.71. The number of anilines is 2. The van der Waals surface area contributed by atoms with Crippen molar-refractivity contribution in [3.05, 3.63) is 18.3 Å². The first kappa shape index (κ1) is 10.8. The van der Waals surface area contributed by atoms with Crippen molar-refractivity contribution in [2.24, 2.45) is 0 Å².